The van der Waals surface area contributed by atoms with Crippen molar-refractivity contribution in [3.63, 3.8) is 0 Å². The molecule has 32 heavy (non-hydrogen) atoms. The summed E-state index contributed by atoms with van der Waals surface area (Å²) in [6.45, 7) is 4.69. The van der Waals surface area contributed by atoms with Gasteiger partial charge < -0.3 is 14.5 Å². The number of hydrogen-bond acceptors (Lipinski definition) is 6. The van der Waals surface area contributed by atoms with E-state index in [1.165, 1.54) is 0 Å². The zero-order chi connectivity index (χ0) is 22.1. The number of fused-ring (bicyclic) bond motifs is 1. The fourth-order valence-corrected chi connectivity index (χ4v) is 4.50. The lowest BCUT2D eigenvalue weighted by Gasteiger charge is -2.27. The van der Waals surface area contributed by atoms with Gasteiger partial charge in [-0.15, -0.1) is 0 Å². The predicted molar refractivity (Wildman–Crippen MR) is 118 cm³/mol. The molecule has 1 unspecified atom stereocenters. The van der Waals surface area contributed by atoms with Crippen LogP contribution in [0.3, 0.4) is 0 Å². The molecule has 0 bridgehead atoms. The first kappa shape index (κ1) is 20.5. The van der Waals surface area contributed by atoms with E-state index in [1.54, 1.807) is 17.3 Å². The van der Waals surface area contributed by atoms with Crippen molar-refractivity contribution in [3.05, 3.63) is 65.5 Å². The molecule has 2 saturated heterocycles. The maximum absolute atomic E-state index is 13.4. The maximum atomic E-state index is 13.4. The Labute approximate surface area is 186 Å². The SMILES string of the molecule is Cc1nc(C2CCCN2C(=O)c2nccc3ccccc23)ncc1C(=O)N1CCOCC1. The van der Waals surface area contributed by atoms with E-state index in [2.05, 4.69) is 15.0 Å². The number of carbonyl (C=O) groups is 2. The summed E-state index contributed by atoms with van der Waals surface area (Å²) < 4.78 is 5.33. The molecule has 4 heterocycles. The molecule has 1 atom stereocenters. The third-order valence-corrected chi connectivity index (χ3v) is 6.21. The van der Waals surface area contributed by atoms with Crippen LogP contribution in [0.1, 0.15) is 51.2 Å². The maximum Gasteiger partial charge on any atom is 0.273 e. The van der Waals surface area contributed by atoms with E-state index in [0.29, 0.717) is 55.6 Å². The molecule has 0 spiro atoms. The Kier molecular flexibility index (Phi) is 5.53. The largest absolute Gasteiger partial charge is 0.378 e. The van der Waals surface area contributed by atoms with Gasteiger partial charge >= 0.3 is 0 Å². The molecular formula is C24H25N5O3. The summed E-state index contributed by atoms with van der Waals surface area (Å²) >= 11 is 0. The molecule has 8 heteroatoms. The van der Waals surface area contributed by atoms with Gasteiger partial charge in [-0.3, -0.25) is 14.6 Å². The van der Waals surface area contributed by atoms with Crippen molar-refractivity contribution in [2.75, 3.05) is 32.8 Å². The number of carbonyl (C=O) groups excluding carboxylic acids is 2. The number of hydrogen-bond donors (Lipinski definition) is 0. The van der Waals surface area contributed by atoms with Crippen molar-refractivity contribution in [1.29, 1.82) is 0 Å². The molecule has 0 aliphatic carbocycles. The number of ether oxygens (including phenoxy) is 1. The van der Waals surface area contributed by atoms with Crippen molar-refractivity contribution >= 4 is 22.6 Å². The number of aryl methyl sites for hydroxylation is 1. The summed E-state index contributed by atoms with van der Waals surface area (Å²) in [5, 5.41) is 1.83. The van der Waals surface area contributed by atoms with E-state index in [9.17, 15) is 9.59 Å². The van der Waals surface area contributed by atoms with Gasteiger partial charge in [0.05, 0.1) is 30.5 Å². The van der Waals surface area contributed by atoms with E-state index in [-0.39, 0.29) is 17.9 Å². The van der Waals surface area contributed by atoms with Gasteiger partial charge in [0.1, 0.15) is 5.69 Å². The number of likely N-dealkylation sites (tertiary alicyclic amines) is 1. The van der Waals surface area contributed by atoms with Crippen LogP contribution < -0.4 is 0 Å². The van der Waals surface area contributed by atoms with Gasteiger partial charge in [0.15, 0.2) is 5.82 Å². The van der Waals surface area contributed by atoms with Crippen LogP contribution in [0.2, 0.25) is 0 Å². The molecule has 3 aromatic rings. The Morgan fingerprint density at radius 3 is 2.66 bits per heavy atom. The summed E-state index contributed by atoms with van der Waals surface area (Å²) in [7, 11) is 0. The lowest BCUT2D eigenvalue weighted by atomic mass is 10.1. The lowest BCUT2D eigenvalue weighted by molar-refractivity contribution is 0.0301. The molecule has 5 rings (SSSR count). The van der Waals surface area contributed by atoms with E-state index < -0.39 is 0 Å². The van der Waals surface area contributed by atoms with Crippen LogP contribution in [0.25, 0.3) is 10.8 Å². The first-order valence-corrected chi connectivity index (χ1v) is 11.0. The average molecular weight is 431 g/mol. The highest BCUT2D eigenvalue weighted by molar-refractivity contribution is 6.05. The van der Waals surface area contributed by atoms with Crippen molar-refractivity contribution in [3.8, 4) is 0 Å². The minimum absolute atomic E-state index is 0.0725. The Hall–Kier alpha value is -3.39. The second-order valence-corrected chi connectivity index (χ2v) is 8.17. The van der Waals surface area contributed by atoms with Gasteiger partial charge in [0.25, 0.3) is 11.8 Å². The van der Waals surface area contributed by atoms with Crippen LogP contribution in [0.4, 0.5) is 0 Å². The predicted octanol–water partition coefficient (Wildman–Crippen LogP) is 2.78. The highest BCUT2D eigenvalue weighted by Gasteiger charge is 2.34. The highest BCUT2D eigenvalue weighted by atomic mass is 16.5. The van der Waals surface area contributed by atoms with Crippen LogP contribution in [0, 0.1) is 6.92 Å². The Morgan fingerprint density at radius 2 is 1.84 bits per heavy atom. The first-order valence-electron chi connectivity index (χ1n) is 11.0. The van der Waals surface area contributed by atoms with Gasteiger partial charge in [-0.25, -0.2) is 9.97 Å². The zero-order valence-corrected chi connectivity index (χ0v) is 18.0. The second-order valence-electron chi connectivity index (χ2n) is 8.17. The number of morpholine rings is 1. The second kappa shape index (κ2) is 8.63. The van der Waals surface area contributed by atoms with Gasteiger partial charge in [0.2, 0.25) is 0 Å². The molecule has 2 aromatic heterocycles. The fourth-order valence-electron chi connectivity index (χ4n) is 4.50. The van der Waals surface area contributed by atoms with Crippen molar-refractivity contribution in [2.24, 2.45) is 0 Å². The molecule has 2 fully saturated rings. The molecule has 2 amide bonds. The Morgan fingerprint density at radius 1 is 1.03 bits per heavy atom. The Bertz CT molecular complexity index is 1170. The van der Waals surface area contributed by atoms with Crippen molar-refractivity contribution in [1.82, 2.24) is 24.8 Å². The van der Waals surface area contributed by atoms with E-state index >= 15 is 0 Å². The molecule has 0 radical (unpaired) electrons. The number of rotatable bonds is 3. The Balaban J connectivity index is 1.41. The quantitative estimate of drug-likeness (QED) is 0.634. The molecule has 0 saturated carbocycles. The molecular weight excluding hydrogens is 406 g/mol. The van der Waals surface area contributed by atoms with Gasteiger partial charge in [-0.2, -0.15) is 0 Å². The number of pyridine rings is 1. The van der Waals surface area contributed by atoms with Crippen molar-refractivity contribution in [2.45, 2.75) is 25.8 Å². The monoisotopic (exact) mass is 431 g/mol. The van der Waals surface area contributed by atoms with E-state index in [4.69, 9.17) is 4.74 Å². The summed E-state index contributed by atoms with van der Waals surface area (Å²) in [6, 6.07) is 9.45. The van der Waals surface area contributed by atoms with E-state index in [1.807, 2.05) is 42.2 Å². The smallest absolute Gasteiger partial charge is 0.273 e. The number of aromatic nitrogens is 3. The molecule has 0 N–H and O–H groups in total. The van der Waals surface area contributed by atoms with Crippen LogP contribution in [-0.4, -0.2) is 69.4 Å². The number of benzene rings is 1. The summed E-state index contributed by atoms with van der Waals surface area (Å²) in [5.41, 5.74) is 1.59. The zero-order valence-electron chi connectivity index (χ0n) is 18.0. The van der Waals surface area contributed by atoms with Crippen LogP contribution in [-0.2, 0) is 4.74 Å². The topological polar surface area (TPSA) is 88.5 Å². The molecule has 8 nitrogen and oxygen atoms in total. The number of amides is 2. The normalized spacial score (nSPS) is 18.8. The number of nitrogens with zero attached hydrogens (tertiary/aromatic N) is 5. The van der Waals surface area contributed by atoms with Crippen LogP contribution >= 0.6 is 0 Å². The van der Waals surface area contributed by atoms with Gasteiger partial charge in [0, 0.05) is 37.4 Å². The minimum Gasteiger partial charge on any atom is -0.378 e. The van der Waals surface area contributed by atoms with Gasteiger partial charge in [-0.1, -0.05) is 24.3 Å². The fraction of sp³-hybridized carbons (Fsp3) is 0.375. The molecule has 2 aliphatic rings. The highest BCUT2D eigenvalue weighted by Crippen LogP contribution is 2.32. The lowest BCUT2D eigenvalue weighted by Crippen LogP contribution is -2.41. The van der Waals surface area contributed by atoms with Crippen molar-refractivity contribution < 1.29 is 14.3 Å². The van der Waals surface area contributed by atoms with Gasteiger partial charge in [-0.05, 0) is 31.2 Å². The summed E-state index contributed by atoms with van der Waals surface area (Å²) in [6.07, 6.45) is 4.94. The van der Waals surface area contributed by atoms with Crippen LogP contribution in [0.5, 0.6) is 0 Å². The summed E-state index contributed by atoms with van der Waals surface area (Å²) in [4.78, 5) is 43.5. The molecule has 2 aliphatic heterocycles. The third kappa shape index (κ3) is 3.71. The van der Waals surface area contributed by atoms with E-state index in [0.717, 1.165) is 23.6 Å². The molecule has 1 aromatic carbocycles. The molecule has 164 valence electrons. The average Bonchev–Trinajstić information content (AvgIpc) is 3.33. The third-order valence-electron chi connectivity index (χ3n) is 6.21. The first-order chi connectivity index (χ1) is 15.6. The standard InChI is InChI=1S/C24H25N5O3/c1-16-19(23(30)28-11-13-32-14-12-28)15-26-22(27-16)20-7-4-10-29(20)24(31)21-18-6-3-2-5-17(18)8-9-25-21/h2-3,5-6,8-9,15,20H,4,7,10-14H2,1H3. The summed E-state index contributed by atoms with van der Waals surface area (Å²) in [5.74, 6) is 0.391. The van der Waals surface area contributed by atoms with Crippen LogP contribution in [0.15, 0.2) is 42.7 Å². The minimum atomic E-state index is -0.227.